The molecule has 3 rings (SSSR count). The van der Waals surface area contributed by atoms with Crippen molar-refractivity contribution in [1.82, 2.24) is 0 Å². The number of halogens is 2. The Kier molecular flexibility index (Phi) is 9.03. The fourth-order valence-electron chi connectivity index (χ4n) is 4.33. The fraction of sp³-hybridized carbons (Fsp3) is 0.462. The van der Waals surface area contributed by atoms with Crippen molar-refractivity contribution in [3.05, 3.63) is 65.7 Å². The van der Waals surface area contributed by atoms with Crippen molar-refractivity contribution >= 4 is 23.5 Å². The summed E-state index contributed by atoms with van der Waals surface area (Å²) < 4.78 is 39.5. The first kappa shape index (κ1) is 25.4. The van der Waals surface area contributed by atoms with Crippen molar-refractivity contribution < 1.29 is 27.8 Å². The Bertz CT molecular complexity index is 918. The van der Waals surface area contributed by atoms with Crippen molar-refractivity contribution in [2.75, 3.05) is 19.5 Å². The molecule has 7 heteroatoms. The second-order valence-electron chi connectivity index (χ2n) is 8.33. The average Bonchev–Trinajstić information content (AvgIpc) is 2.80. The number of thioether (sulfide) groups is 1. The molecule has 4 nitrogen and oxygen atoms in total. The van der Waals surface area contributed by atoms with E-state index in [1.165, 1.54) is 0 Å². The van der Waals surface area contributed by atoms with Crippen LogP contribution in [0, 0.1) is 11.8 Å². The third kappa shape index (κ3) is 6.87. The SMILES string of the molecule is CCOC(=O)C(C(=O)[C@@H]1CCC(F)(F)C[C@H]1COCc1ccccc1)c1ccc(SC)cc1. The highest BCUT2D eigenvalue weighted by Crippen LogP contribution is 2.43. The molecule has 1 aliphatic rings. The third-order valence-electron chi connectivity index (χ3n) is 6.02. The summed E-state index contributed by atoms with van der Waals surface area (Å²) >= 11 is 1.55. The van der Waals surface area contributed by atoms with Gasteiger partial charge in [-0.15, -0.1) is 11.8 Å². The van der Waals surface area contributed by atoms with Gasteiger partial charge in [-0.2, -0.15) is 0 Å². The zero-order chi connectivity index (χ0) is 23.8. The van der Waals surface area contributed by atoms with Gasteiger partial charge in [0.15, 0.2) is 5.78 Å². The largest absolute Gasteiger partial charge is 0.465 e. The number of Topliss-reactive ketones (excluding diaryl/α,β-unsaturated/α-hetero) is 1. The van der Waals surface area contributed by atoms with Gasteiger partial charge in [0.05, 0.1) is 19.8 Å². The Labute approximate surface area is 198 Å². The zero-order valence-corrected chi connectivity index (χ0v) is 19.8. The number of esters is 1. The van der Waals surface area contributed by atoms with E-state index in [0.29, 0.717) is 5.56 Å². The molecular weight excluding hydrogens is 446 g/mol. The van der Waals surface area contributed by atoms with Crippen LogP contribution in [0.1, 0.15) is 43.2 Å². The summed E-state index contributed by atoms with van der Waals surface area (Å²) in [4.78, 5) is 27.4. The van der Waals surface area contributed by atoms with E-state index in [1.807, 2.05) is 48.7 Å². The molecular formula is C26H30F2O4S. The van der Waals surface area contributed by atoms with Crippen LogP contribution in [0.15, 0.2) is 59.5 Å². The predicted octanol–water partition coefficient (Wildman–Crippen LogP) is 5.89. The molecule has 0 N–H and O–H groups in total. The van der Waals surface area contributed by atoms with Crippen LogP contribution < -0.4 is 0 Å². The maximum Gasteiger partial charge on any atom is 0.321 e. The summed E-state index contributed by atoms with van der Waals surface area (Å²) in [6, 6.07) is 16.6. The van der Waals surface area contributed by atoms with E-state index in [-0.39, 0.29) is 38.4 Å². The van der Waals surface area contributed by atoms with Crippen LogP contribution in [-0.4, -0.2) is 37.1 Å². The number of ketones is 1. The zero-order valence-electron chi connectivity index (χ0n) is 19.0. The molecule has 3 atom stereocenters. The molecule has 0 aromatic heterocycles. The molecule has 1 fully saturated rings. The molecule has 0 saturated heterocycles. The van der Waals surface area contributed by atoms with Gasteiger partial charge >= 0.3 is 5.97 Å². The van der Waals surface area contributed by atoms with E-state index in [4.69, 9.17) is 9.47 Å². The summed E-state index contributed by atoms with van der Waals surface area (Å²) in [5, 5.41) is 0. The van der Waals surface area contributed by atoms with Crippen LogP contribution in [0.3, 0.4) is 0 Å². The Balaban J connectivity index is 1.80. The highest BCUT2D eigenvalue weighted by atomic mass is 32.2. The number of hydrogen-bond donors (Lipinski definition) is 0. The molecule has 33 heavy (non-hydrogen) atoms. The Hall–Kier alpha value is -2.25. The molecule has 0 heterocycles. The molecule has 0 bridgehead atoms. The molecule has 2 aromatic carbocycles. The van der Waals surface area contributed by atoms with Crippen molar-refractivity contribution in [3.8, 4) is 0 Å². The quantitative estimate of drug-likeness (QED) is 0.243. The summed E-state index contributed by atoms with van der Waals surface area (Å²) in [6.45, 7) is 2.12. The van der Waals surface area contributed by atoms with Crippen LogP contribution in [0.4, 0.5) is 8.78 Å². The van der Waals surface area contributed by atoms with Crippen LogP contribution in [-0.2, 0) is 25.7 Å². The maximum absolute atomic E-state index is 14.3. The maximum atomic E-state index is 14.3. The topological polar surface area (TPSA) is 52.6 Å². The lowest BCUT2D eigenvalue weighted by Crippen LogP contribution is -2.41. The normalized spacial score (nSPS) is 20.7. The van der Waals surface area contributed by atoms with E-state index in [1.54, 1.807) is 30.8 Å². The predicted molar refractivity (Wildman–Crippen MR) is 124 cm³/mol. The van der Waals surface area contributed by atoms with Crippen LogP contribution in [0.2, 0.25) is 0 Å². The minimum Gasteiger partial charge on any atom is -0.465 e. The Morgan fingerprint density at radius 1 is 1.12 bits per heavy atom. The lowest BCUT2D eigenvalue weighted by atomic mass is 9.72. The summed E-state index contributed by atoms with van der Waals surface area (Å²) in [5.41, 5.74) is 1.46. The number of carbonyl (C=O) groups excluding carboxylic acids is 2. The van der Waals surface area contributed by atoms with Gasteiger partial charge in [0.1, 0.15) is 5.92 Å². The van der Waals surface area contributed by atoms with E-state index in [0.717, 1.165) is 10.5 Å². The minimum absolute atomic E-state index is 0.0179. The van der Waals surface area contributed by atoms with Gasteiger partial charge in [-0.05, 0) is 48.8 Å². The van der Waals surface area contributed by atoms with Crippen molar-refractivity contribution in [2.24, 2.45) is 11.8 Å². The van der Waals surface area contributed by atoms with Crippen LogP contribution in [0.25, 0.3) is 0 Å². The number of ether oxygens (including phenoxy) is 2. The van der Waals surface area contributed by atoms with Gasteiger partial charge < -0.3 is 9.47 Å². The number of hydrogen-bond acceptors (Lipinski definition) is 5. The standard InChI is InChI=1S/C26H30F2O4S/c1-3-32-25(30)23(19-9-11-21(33-2)12-10-19)24(29)22-13-14-26(27,28)15-20(22)17-31-16-18-7-5-4-6-8-18/h4-12,20,22-23H,3,13-17H2,1-2H3/t20-,22+,23?/m0/s1. The monoisotopic (exact) mass is 476 g/mol. The summed E-state index contributed by atoms with van der Waals surface area (Å²) in [7, 11) is 0. The summed E-state index contributed by atoms with van der Waals surface area (Å²) in [5.74, 6) is -6.36. The first-order valence-electron chi connectivity index (χ1n) is 11.2. The molecule has 178 valence electrons. The Morgan fingerprint density at radius 2 is 1.82 bits per heavy atom. The number of alkyl halides is 2. The first-order chi connectivity index (χ1) is 15.8. The van der Waals surface area contributed by atoms with Gasteiger partial charge in [-0.1, -0.05) is 42.5 Å². The molecule has 0 aliphatic heterocycles. The molecule has 2 aromatic rings. The first-order valence-corrected chi connectivity index (χ1v) is 12.4. The lowest BCUT2D eigenvalue weighted by Gasteiger charge is -2.36. The Morgan fingerprint density at radius 3 is 2.45 bits per heavy atom. The highest BCUT2D eigenvalue weighted by molar-refractivity contribution is 7.98. The van der Waals surface area contributed by atoms with Gasteiger partial charge in [0.2, 0.25) is 5.92 Å². The second-order valence-corrected chi connectivity index (χ2v) is 9.21. The highest BCUT2D eigenvalue weighted by Gasteiger charge is 2.47. The van der Waals surface area contributed by atoms with Gasteiger partial charge in [0, 0.05) is 23.7 Å². The minimum atomic E-state index is -2.85. The fourth-order valence-corrected chi connectivity index (χ4v) is 4.74. The average molecular weight is 477 g/mol. The van der Waals surface area contributed by atoms with E-state index >= 15 is 0 Å². The smallest absolute Gasteiger partial charge is 0.321 e. The second kappa shape index (κ2) is 11.7. The molecule has 0 spiro atoms. The van der Waals surface area contributed by atoms with Crippen LogP contribution >= 0.6 is 11.8 Å². The van der Waals surface area contributed by atoms with Crippen molar-refractivity contribution in [1.29, 1.82) is 0 Å². The van der Waals surface area contributed by atoms with Gasteiger partial charge in [0.25, 0.3) is 0 Å². The van der Waals surface area contributed by atoms with E-state index in [9.17, 15) is 18.4 Å². The van der Waals surface area contributed by atoms with E-state index in [2.05, 4.69) is 0 Å². The molecule has 1 aliphatic carbocycles. The van der Waals surface area contributed by atoms with Gasteiger partial charge in [-0.25, -0.2) is 8.78 Å². The molecule has 0 radical (unpaired) electrons. The van der Waals surface area contributed by atoms with Crippen molar-refractivity contribution in [3.63, 3.8) is 0 Å². The number of benzene rings is 2. The number of carbonyl (C=O) groups is 2. The third-order valence-corrected chi connectivity index (χ3v) is 6.76. The van der Waals surface area contributed by atoms with Gasteiger partial charge in [-0.3, -0.25) is 9.59 Å². The number of rotatable bonds is 10. The molecule has 1 saturated carbocycles. The van der Waals surface area contributed by atoms with E-state index < -0.39 is 36.1 Å². The van der Waals surface area contributed by atoms with Crippen molar-refractivity contribution in [2.45, 2.75) is 49.5 Å². The molecule has 0 amide bonds. The lowest BCUT2D eigenvalue weighted by molar-refractivity contribution is -0.151. The molecule has 1 unspecified atom stereocenters. The summed E-state index contributed by atoms with van der Waals surface area (Å²) in [6.07, 6.45) is 1.15. The van der Waals surface area contributed by atoms with Crippen LogP contribution in [0.5, 0.6) is 0 Å².